The molecule has 5 nitrogen and oxygen atoms in total. The van der Waals surface area contributed by atoms with Crippen LogP contribution in [0.2, 0.25) is 0 Å². The first-order chi connectivity index (χ1) is 36.4. The number of hydrogen-bond acceptors (Lipinski definition) is 5. The molecule has 0 N–H and O–H groups in total. The predicted octanol–water partition coefficient (Wildman–Crippen LogP) is 17.2. The molecule has 3 aliphatic carbocycles. The molecule has 2 aromatic heterocycles. The third kappa shape index (κ3) is 7.09. The van der Waals surface area contributed by atoms with Crippen LogP contribution < -0.4 is 0 Å². The summed E-state index contributed by atoms with van der Waals surface area (Å²) in [6.45, 7) is 13.9. The van der Waals surface area contributed by atoms with Crippen molar-refractivity contribution in [3.05, 3.63) is 246 Å². The Balaban J connectivity index is 0.871. The van der Waals surface area contributed by atoms with Crippen molar-refractivity contribution in [2.75, 3.05) is 0 Å². The molecular weight excluding hydrogens is 911 g/mol. The molecule has 9 aromatic carbocycles. The van der Waals surface area contributed by atoms with Gasteiger partial charge in [0, 0.05) is 49.6 Å². The number of aromatic nitrogens is 5. The molecule has 0 fully saturated rings. The lowest BCUT2D eigenvalue weighted by Gasteiger charge is -2.22. The molecule has 0 unspecified atom stereocenters. The van der Waals surface area contributed by atoms with E-state index >= 15 is 0 Å². The fourth-order valence-corrected chi connectivity index (χ4v) is 12.5. The zero-order valence-corrected chi connectivity index (χ0v) is 42.9. The summed E-state index contributed by atoms with van der Waals surface area (Å²) in [6.07, 6.45) is 0. The number of nitrogens with zero attached hydrogens (tertiary/aromatic N) is 5. The predicted molar refractivity (Wildman–Crippen MR) is 306 cm³/mol. The highest BCUT2D eigenvalue weighted by Gasteiger charge is 2.38. The van der Waals surface area contributed by atoms with Crippen molar-refractivity contribution in [3.8, 4) is 113 Å². The van der Waals surface area contributed by atoms with Crippen molar-refractivity contribution < 1.29 is 0 Å². The lowest BCUT2D eigenvalue weighted by Crippen LogP contribution is -2.15. The first-order valence-corrected chi connectivity index (χ1v) is 26.1. The van der Waals surface area contributed by atoms with Crippen LogP contribution in [-0.4, -0.2) is 24.9 Å². The fourth-order valence-electron chi connectivity index (χ4n) is 12.5. The molecule has 0 spiro atoms. The third-order valence-corrected chi connectivity index (χ3v) is 16.6. The summed E-state index contributed by atoms with van der Waals surface area (Å²) < 4.78 is 0. The molecular formula is C70H53N5. The molecule has 14 rings (SSSR count). The molecule has 358 valence electrons. The largest absolute Gasteiger partial charge is 0.228 e. The Morgan fingerprint density at radius 3 is 0.987 bits per heavy atom. The molecule has 3 aliphatic rings. The Labute approximate surface area is 438 Å². The van der Waals surface area contributed by atoms with E-state index in [-0.39, 0.29) is 16.2 Å². The smallest absolute Gasteiger partial charge is 0.164 e. The van der Waals surface area contributed by atoms with Gasteiger partial charge in [-0.15, -0.1) is 0 Å². The Bertz CT molecular complexity index is 4040. The van der Waals surface area contributed by atoms with Crippen molar-refractivity contribution >= 4 is 0 Å². The topological polar surface area (TPSA) is 64.5 Å². The average Bonchev–Trinajstić information content (AvgIpc) is 4.02. The van der Waals surface area contributed by atoms with Crippen LogP contribution in [0.15, 0.2) is 212 Å². The number of benzene rings is 9. The molecule has 75 heavy (non-hydrogen) atoms. The Hall–Kier alpha value is -8.93. The van der Waals surface area contributed by atoms with Gasteiger partial charge in [-0.05, 0) is 114 Å². The quantitative estimate of drug-likeness (QED) is 0.159. The molecule has 0 saturated carbocycles. The molecule has 2 heterocycles. The lowest BCUT2D eigenvalue weighted by atomic mass is 9.82. The van der Waals surface area contributed by atoms with E-state index < -0.39 is 0 Å². The van der Waals surface area contributed by atoms with Crippen LogP contribution >= 0.6 is 0 Å². The summed E-state index contributed by atoms with van der Waals surface area (Å²) in [5.41, 5.74) is 24.8. The van der Waals surface area contributed by atoms with Gasteiger partial charge in [0.25, 0.3) is 0 Å². The molecule has 11 aromatic rings. The van der Waals surface area contributed by atoms with E-state index in [1.165, 1.54) is 66.8 Å². The zero-order valence-electron chi connectivity index (χ0n) is 42.9. The van der Waals surface area contributed by atoms with Crippen molar-refractivity contribution in [2.45, 2.75) is 57.8 Å². The van der Waals surface area contributed by atoms with Crippen LogP contribution in [0.5, 0.6) is 0 Å². The maximum absolute atomic E-state index is 5.34. The first-order valence-electron chi connectivity index (χ1n) is 26.1. The van der Waals surface area contributed by atoms with Gasteiger partial charge >= 0.3 is 0 Å². The Morgan fingerprint density at radius 1 is 0.213 bits per heavy atom. The van der Waals surface area contributed by atoms with E-state index in [4.69, 9.17) is 24.9 Å². The van der Waals surface area contributed by atoms with E-state index in [0.29, 0.717) is 23.3 Å². The summed E-state index contributed by atoms with van der Waals surface area (Å²) in [5, 5.41) is 0. The number of rotatable bonds is 7. The van der Waals surface area contributed by atoms with E-state index in [2.05, 4.69) is 236 Å². The van der Waals surface area contributed by atoms with Gasteiger partial charge in [0.15, 0.2) is 23.3 Å². The summed E-state index contributed by atoms with van der Waals surface area (Å²) >= 11 is 0. The van der Waals surface area contributed by atoms with Crippen molar-refractivity contribution in [1.82, 2.24) is 24.9 Å². The fraction of sp³-hybridized carbons (Fsp3) is 0.129. The van der Waals surface area contributed by atoms with E-state index in [1.54, 1.807) is 0 Å². The van der Waals surface area contributed by atoms with Crippen molar-refractivity contribution in [2.24, 2.45) is 0 Å². The minimum atomic E-state index is -0.174. The van der Waals surface area contributed by atoms with Crippen LogP contribution in [0.25, 0.3) is 113 Å². The summed E-state index contributed by atoms with van der Waals surface area (Å²) in [7, 11) is 0. The SMILES string of the molecule is CC1(C)c2ccccc2-c2ccc(-c3cc(-c4cccc(-c5cccc(-c6nc(-c7ccc8c(c7)C(C)(C)c7ccccc7-8)nc(-c7ccc8c(c7)C(C)(C)c7ccccc7-8)n6)c5)c4)nc(-c4ccccc4)n3)cc21. The average molecular weight is 964 g/mol. The molecule has 0 amide bonds. The second-order valence-electron chi connectivity index (χ2n) is 22.1. The molecule has 0 bridgehead atoms. The number of hydrogen-bond donors (Lipinski definition) is 0. The standard InChI is InChI=1S/C70H53N5/c1-68(2)56-27-13-10-24-50(56)53-33-30-46(38-59(53)68)63-41-62(71-64(72-63)42-18-8-7-9-19-42)45-22-16-20-43(36-45)44-21-17-23-47(37-44)65-73-66(48-31-34-54-51-25-11-14-28-57(51)69(3,4)60(54)39-48)75-67(74-65)49-32-35-55-52-26-12-15-29-58(52)70(5,6)61(55)40-49/h7-41H,1-6H3. The van der Waals surface area contributed by atoms with Crippen LogP contribution in [0.3, 0.4) is 0 Å². The third-order valence-electron chi connectivity index (χ3n) is 16.6. The number of fused-ring (bicyclic) bond motifs is 9. The van der Waals surface area contributed by atoms with Gasteiger partial charge in [0.2, 0.25) is 0 Å². The second kappa shape index (κ2) is 16.5. The lowest BCUT2D eigenvalue weighted by molar-refractivity contribution is 0.660. The molecule has 0 aliphatic heterocycles. The van der Waals surface area contributed by atoms with Gasteiger partial charge in [-0.25, -0.2) is 24.9 Å². The van der Waals surface area contributed by atoms with E-state index in [9.17, 15) is 0 Å². The van der Waals surface area contributed by atoms with Gasteiger partial charge in [-0.2, -0.15) is 0 Å². The van der Waals surface area contributed by atoms with Crippen molar-refractivity contribution in [3.63, 3.8) is 0 Å². The summed E-state index contributed by atoms with van der Waals surface area (Å²) in [5.74, 6) is 2.59. The van der Waals surface area contributed by atoms with E-state index in [1.807, 2.05) is 18.2 Å². The first kappa shape index (κ1) is 44.7. The highest BCUT2D eigenvalue weighted by atomic mass is 15.0. The molecule has 0 saturated heterocycles. The van der Waals surface area contributed by atoms with Gasteiger partial charge in [0.05, 0.1) is 11.4 Å². The monoisotopic (exact) mass is 963 g/mol. The summed E-state index contributed by atoms with van der Waals surface area (Å²) in [6, 6.07) is 76.3. The maximum Gasteiger partial charge on any atom is 0.164 e. The van der Waals surface area contributed by atoms with Crippen LogP contribution in [0.4, 0.5) is 0 Å². The highest BCUT2D eigenvalue weighted by molar-refractivity contribution is 5.87. The zero-order chi connectivity index (χ0) is 50.8. The van der Waals surface area contributed by atoms with Crippen LogP contribution in [-0.2, 0) is 16.2 Å². The highest BCUT2D eigenvalue weighted by Crippen LogP contribution is 2.52. The van der Waals surface area contributed by atoms with Gasteiger partial charge in [-0.3, -0.25) is 0 Å². The normalized spacial score (nSPS) is 14.6. The van der Waals surface area contributed by atoms with Crippen molar-refractivity contribution in [1.29, 1.82) is 0 Å². The Kier molecular flexibility index (Phi) is 9.87. The van der Waals surface area contributed by atoms with E-state index in [0.717, 1.165) is 55.9 Å². The second-order valence-corrected chi connectivity index (χ2v) is 22.1. The van der Waals surface area contributed by atoms with Gasteiger partial charge in [-0.1, -0.05) is 217 Å². The summed E-state index contributed by atoms with van der Waals surface area (Å²) in [4.78, 5) is 26.5. The van der Waals surface area contributed by atoms with Gasteiger partial charge in [0.1, 0.15) is 0 Å². The van der Waals surface area contributed by atoms with Gasteiger partial charge < -0.3 is 0 Å². The van der Waals surface area contributed by atoms with Crippen LogP contribution in [0.1, 0.15) is 74.9 Å². The molecule has 0 atom stereocenters. The maximum atomic E-state index is 5.34. The minimum Gasteiger partial charge on any atom is -0.228 e. The molecule has 0 radical (unpaired) electrons. The van der Waals surface area contributed by atoms with Crippen LogP contribution in [0, 0.1) is 0 Å². The Morgan fingerprint density at radius 2 is 0.520 bits per heavy atom. The molecule has 5 heteroatoms. The minimum absolute atomic E-state index is 0.134.